The number of carbonyl (C=O) groups excluding carboxylic acids is 2. The normalized spacial score (nSPS) is 10.3. The minimum Gasteiger partial charge on any atom is -0.493 e. The first kappa shape index (κ1) is 18.9. The number of carbonyl (C=O) groups is 2. The average molecular weight is 362 g/mol. The van der Waals surface area contributed by atoms with Crippen molar-refractivity contribution in [3.05, 3.63) is 34.8 Å². The van der Waals surface area contributed by atoms with E-state index in [1.165, 1.54) is 11.3 Å². The van der Waals surface area contributed by atoms with Crippen LogP contribution in [0.1, 0.15) is 42.1 Å². The number of hydrogen-bond donors (Lipinski definition) is 2. The number of ether oxygens (including phenoxy) is 1. The zero-order chi connectivity index (χ0) is 18.1. The van der Waals surface area contributed by atoms with Crippen molar-refractivity contribution >= 4 is 28.3 Å². The van der Waals surface area contributed by atoms with Crippen LogP contribution < -0.4 is 15.4 Å². The van der Waals surface area contributed by atoms with Crippen molar-refractivity contribution in [1.29, 1.82) is 0 Å². The molecule has 0 spiro atoms. The van der Waals surface area contributed by atoms with Crippen molar-refractivity contribution in [3.63, 3.8) is 0 Å². The second-order valence-corrected chi connectivity index (χ2v) is 6.25. The van der Waals surface area contributed by atoms with Gasteiger partial charge in [-0.2, -0.15) is 0 Å². The zero-order valence-corrected chi connectivity index (χ0v) is 15.2. The molecule has 7 nitrogen and oxygen atoms in total. The Hall–Kier alpha value is -2.48. The summed E-state index contributed by atoms with van der Waals surface area (Å²) in [5.74, 6) is 0.215. The Labute approximate surface area is 150 Å². The molecule has 2 rings (SSSR count). The fourth-order valence-corrected chi connectivity index (χ4v) is 2.81. The highest BCUT2D eigenvalue weighted by molar-refractivity contribution is 7.15. The van der Waals surface area contributed by atoms with Crippen molar-refractivity contribution in [2.24, 2.45) is 0 Å². The number of amides is 2. The van der Waals surface area contributed by atoms with Gasteiger partial charge < -0.3 is 15.4 Å². The molecular weight excluding hydrogens is 340 g/mol. The molecular formula is C17H22N4O3S. The molecule has 25 heavy (non-hydrogen) atoms. The van der Waals surface area contributed by atoms with E-state index in [0.29, 0.717) is 42.4 Å². The van der Waals surface area contributed by atoms with Gasteiger partial charge in [0.1, 0.15) is 10.8 Å². The van der Waals surface area contributed by atoms with Crippen LogP contribution in [0, 0.1) is 0 Å². The molecule has 8 heteroatoms. The Kier molecular flexibility index (Phi) is 7.34. The van der Waals surface area contributed by atoms with Crippen molar-refractivity contribution in [2.75, 3.05) is 18.5 Å². The number of hydrogen-bond acceptors (Lipinski definition) is 6. The maximum Gasteiger partial charge on any atom is 0.255 e. The van der Waals surface area contributed by atoms with Gasteiger partial charge in [0.05, 0.1) is 12.2 Å². The molecule has 0 aliphatic rings. The van der Waals surface area contributed by atoms with Gasteiger partial charge in [0.15, 0.2) is 0 Å². The van der Waals surface area contributed by atoms with Crippen LogP contribution in [0.25, 0.3) is 0 Å². The van der Waals surface area contributed by atoms with E-state index in [-0.39, 0.29) is 11.8 Å². The van der Waals surface area contributed by atoms with Gasteiger partial charge in [-0.1, -0.05) is 30.4 Å². The zero-order valence-electron chi connectivity index (χ0n) is 14.4. The Balaban J connectivity index is 1.73. The number of nitrogens with one attached hydrogen (secondary N) is 2. The quantitative estimate of drug-likeness (QED) is 0.669. The summed E-state index contributed by atoms with van der Waals surface area (Å²) in [5, 5.41) is 14.8. The molecule has 1 aromatic heterocycles. The molecule has 2 amide bonds. The van der Waals surface area contributed by atoms with Crippen LogP contribution in [0.5, 0.6) is 5.75 Å². The Morgan fingerprint density at radius 3 is 2.72 bits per heavy atom. The second-order valence-electron chi connectivity index (χ2n) is 5.19. The molecule has 2 N–H and O–H groups in total. The molecule has 0 aliphatic heterocycles. The van der Waals surface area contributed by atoms with Crippen LogP contribution in [-0.4, -0.2) is 35.2 Å². The highest BCUT2D eigenvalue weighted by Gasteiger charge is 2.12. The minimum absolute atomic E-state index is 0.136. The lowest BCUT2D eigenvalue weighted by atomic mass is 10.2. The van der Waals surface area contributed by atoms with E-state index in [1.54, 1.807) is 18.2 Å². The number of anilines is 1. The summed E-state index contributed by atoms with van der Waals surface area (Å²) in [4.78, 5) is 24.1. The van der Waals surface area contributed by atoms with Gasteiger partial charge >= 0.3 is 0 Å². The van der Waals surface area contributed by atoms with E-state index >= 15 is 0 Å². The number of aryl methyl sites for hydroxylation is 1. The minimum atomic E-state index is -0.207. The third kappa shape index (κ3) is 5.82. The first-order valence-electron chi connectivity index (χ1n) is 8.26. The lowest BCUT2D eigenvalue weighted by Crippen LogP contribution is -2.26. The van der Waals surface area contributed by atoms with Crippen molar-refractivity contribution < 1.29 is 14.3 Å². The van der Waals surface area contributed by atoms with E-state index in [0.717, 1.165) is 11.4 Å². The molecule has 0 bridgehead atoms. The van der Waals surface area contributed by atoms with Crippen molar-refractivity contribution in [1.82, 2.24) is 15.5 Å². The third-order valence-electron chi connectivity index (χ3n) is 3.31. The molecule has 0 saturated carbocycles. The standard InChI is InChI=1S/C17H22N4O3S/c1-3-15-20-21-17(25-15)19-14(22)10-7-11-18-16(23)12-8-5-6-9-13(12)24-4-2/h5-6,8-9H,3-4,7,10-11H2,1-2H3,(H,18,23)(H,19,21,22). The molecule has 0 aliphatic carbocycles. The molecule has 134 valence electrons. The number of aromatic nitrogens is 2. The molecule has 2 aromatic rings. The van der Waals surface area contributed by atoms with Crippen LogP contribution >= 0.6 is 11.3 Å². The molecule has 0 unspecified atom stereocenters. The van der Waals surface area contributed by atoms with E-state index in [4.69, 9.17) is 4.74 Å². The van der Waals surface area contributed by atoms with Crippen molar-refractivity contribution in [3.8, 4) is 5.75 Å². The Morgan fingerprint density at radius 2 is 2.00 bits per heavy atom. The summed E-state index contributed by atoms with van der Waals surface area (Å²) < 4.78 is 5.44. The Morgan fingerprint density at radius 1 is 1.20 bits per heavy atom. The van der Waals surface area contributed by atoms with Crippen LogP contribution in [-0.2, 0) is 11.2 Å². The van der Waals surface area contributed by atoms with E-state index in [2.05, 4.69) is 20.8 Å². The lowest BCUT2D eigenvalue weighted by Gasteiger charge is -2.10. The second kappa shape index (κ2) is 9.73. The van der Waals surface area contributed by atoms with Crippen LogP contribution in [0.15, 0.2) is 24.3 Å². The first-order valence-corrected chi connectivity index (χ1v) is 9.08. The third-order valence-corrected chi connectivity index (χ3v) is 4.30. The van der Waals surface area contributed by atoms with Gasteiger partial charge in [-0.3, -0.25) is 9.59 Å². The summed E-state index contributed by atoms with van der Waals surface area (Å²) in [6.07, 6.45) is 1.63. The fourth-order valence-electron chi connectivity index (χ4n) is 2.11. The average Bonchev–Trinajstić information content (AvgIpc) is 3.07. The Bertz CT molecular complexity index is 717. The predicted molar refractivity (Wildman–Crippen MR) is 97.1 cm³/mol. The van der Waals surface area contributed by atoms with Gasteiger partial charge in [-0.15, -0.1) is 10.2 Å². The first-order chi connectivity index (χ1) is 12.1. The summed E-state index contributed by atoms with van der Waals surface area (Å²) in [5.41, 5.74) is 0.495. The van der Waals surface area contributed by atoms with E-state index in [1.807, 2.05) is 19.9 Å². The van der Waals surface area contributed by atoms with Gasteiger partial charge in [-0.25, -0.2) is 0 Å². The highest BCUT2D eigenvalue weighted by Crippen LogP contribution is 2.18. The summed E-state index contributed by atoms with van der Waals surface area (Å²) >= 11 is 1.37. The summed E-state index contributed by atoms with van der Waals surface area (Å²) in [7, 11) is 0. The van der Waals surface area contributed by atoms with Gasteiger partial charge in [-0.05, 0) is 31.9 Å². The van der Waals surface area contributed by atoms with Gasteiger partial charge in [0, 0.05) is 13.0 Å². The monoisotopic (exact) mass is 362 g/mol. The van der Waals surface area contributed by atoms with Gasteiger partial charge in [0.2, 0.25) is 11.0 Å². The van der Waals surface area contributed by atoms with Crippen LogP contribution in [0.4, 0.5) is 5.13 Å². The smallest absolute Gasteiger partial charge is 0.255 e. The topological polar surface area (TPSA) is 93.2 Å². The van der Waals surface area contributed by atoms with E-state index < -0.39 is 0 Å². The maximum absolute atomic E-state index is 12.2. The largest absolute Gasteiger partial charge is 0.493 e. The van der Waals surface area contributed by atoms with Crippen LogP contribution in [0.3, 0.4) is 0 Å². The highest BCUT2D eigenvalue weighted by atomic mass is 32.1. The fraction of sp³-hybridized carbons (Fsp3) is 0.412. The van der Waals surface area contributed by atoms with E-state index in [9.17, 15) is 9.59 Å². The predicted octanol–water partition coefficient (Wildman–Crippen LogP) is 2.65. The summed E-state index contributed by atoms with van der Waals surface area (Å²) in [6.45, 7) is 4.76. The van der Waals surface area contributed by atoms with Crippen molar-refractivity contribution in [2.45, 2.75) is 33.1 Å². The molecule has 0 atom stereocenters. The number of rotatable bonds is 9. The lowest BCUT2D eigenvalue weighted by molar-refractivity contribution is -0.116. The molecule has 0 radical (unpaired) electrons. The maximum atomic E-state index is 12.2. The molecule has 1 heterocycles. The number of benzene rings is 1. The molecule has 0 fully saturated rings. The number of nitrogens with zero attached hydrogens (tertiary/aromatic N) is 2. The number of para-hydroxylation sites is 1. The molecule has 0 saturated heterocycles. The SMILES string of the molecule is CCOc1ccccc1C(=O)NCCCC(=O)Nc1nnc(CC)s1. The van der Waals surface area contributed by atoms with Crippen LogP contribution in [0.2, 0.25) is 0 Å². The molecule has 1 aromatic carbocycles. The van der Waals surface area contributed by atoms with Gasteiger partial charge in [0.25, 0.3) is 5.91 Å². The summed E-state index contributed by atoms with van der Waals surface area (Å²) in [6, 6.07) is 7.09.